The smallest absolute Gasteiger partial charge is 0.225 e. The van der Waals surface area contributed by atoms with Crippen molar-refractivity contribution in [3.05, 3.63) is 28.5 Å². The molecule has 0 aliphatic rings. The Bertz CT molecular complexity index is 572. The number of rotatable bonds is 2. The van der Waals surface area contributed by atoms with Crippen LogP contribution < -0.4 is 10.5 Å². The van der Waals surface area contributed by atoms with Gasteiger partial charge in [-0.05, 0) is 42.9 Å². The standard InChI is InChI=1S/C10H12N4OS/c1-6-5-7(3-4-8(6)15-2)14-9(11)12-13-10(14)16/h3-5H,1-2H3,(H2,11,12)(H,13,16). The van der Waals surface area contributed by atoms with Crippen molar-refractivity contribution in [3.63, 3.8) is 0 Å². The molecule has 0 saturated heterocycles. The van der Waals surface area contributed by atoms with E-state index in [0.29, 0.717) is 10.7 Å². The molecule has 2 rings (SSSR count). The summed E-state index contributed by atoms with van der Waals surface area (Å²) in [6, 6.07) is 5.70. The number of hydrogen-bond donors (Lipinski definition) is 2. The van der Waals surface area contributed by atoms with Crippen molar-refractivity contribution in [2.75, 3.05) is 12.8 Å². The molecule has 1 aromatic heterocycles. The second kappa shape index (κ2) is 3.97. The van der Waals surface area contributed by atoms with Crippen LogP contribution in [-0.4, -0.2) is 21.9 Å². The van der Waals surface area contributed by atoms with Gasteiger partial charge in [0.1, 0.15) is 5.75 Å². The van der Waals surface area contributed by atoms with Crippen LogP contribution in [-0.2, 0) is 0 Å². The predicted molar refractivity (Wildman–Crippen MR) is 64.5 cm³/mol. The molecule has 0 unspecified atom stereocenters. The Balaban J connectivity index is 2.58. The Morgan fingerprint density at radius 3 is 2.75 bits per heavy atom. The number of methoxy groups -OCH3 is 1. The molecule has 1 aromatic carbocycles. The summed E-state index contributed by atoms with van der Waals surface area (Å²) >= 11 is 5.09. The first-order valence-corrected chi connectivity index (χ1v) is 5.12. The summed E-state index contributed by atoms with van der Waals surface area (Å²) in [5, 5.41) is 6.50. The number of nitrogens with one attached hydrogen (secondary N) is 1. The second-order valence-corrected chi connectivity index (χ2v) is 3.76. The lowest BCUT2D eigenvalue weighted by Crippen LogP contribution is -2.01. The van der Waals surface area contributed by atoms with Crippen LogP contribution in [0.3, 0.4) is 0 Å². The lowest BCUT2D eigenvalue weighted by Gasteiger charge is -2.08. The summed E-state index contributed by atoms with van der Waals surface area (Å²) in [7, 11) is 1.64. The molecule has 2 aromatic rings. The van der Waals surface area contributed by atoms with E-state index in [1.54, 1.807) is 11.7 Å². The second-order valence-electron chi connectivity index (χ2n) is 3.38. The van der Waals surface area contributed by atoms with E-state index in [1.165, 1.54) is 0 Å². The highest BCUT2D eigenvalue weighted by Crippen LogP contribution is 2.22. The van der Waals surface area contributed by atoms with E-state index in [2.05, 4.69) is 10.2 Å². The lowest BCUT2D eigenvalue weighted by atomic mass is 10.2. The fourth-order valence-corrected chi connectivity index (χ4v) is 1.80. The van der Waals surface area contributed by atoms with Gasteiger partial charge in [0.15, 0.2) is 0 Å². The molecule has 0 fully saturated rings. The molecule has 0 amide bonds. The van der Waals surface area contributed by atoms with Crippen LogP contribution in [0, 0.1) is 11.7 Å². The number of nitrogens with two attached hydrogens (primary N) is 1. The third-order valence-electron chi connectivity index (χ3n) is 2.33. The summed E-state index contributed by atoms with van der Waals surface area (Å²) in [5.74, 6) is 1.17. The maximum atomic E-state index is 5.72. The number of aromatic nitrogens is 3. The zero-order chi connectivity index (χ0) is 11.7. The van der Waals surface area contributed by atoms with Gasteiger partial charge in [-0.1, -0.05) is 0 Å². The van der Waals surface area contributed by atoms with Crippen molar-refractivity contribution < 1.29 is 4.74 Å². The quantitative estimate of drug-likeness (QED) is 0.780. The minimum atomic E-state index is 0.342. The molecule has 6 heteroatoms. The molecule has 0 spiro atoms. The molecule has 0 aliphatic heterocycles. The molecule has 16 heavy (non-hydrogen) atoms. The van der Waals surface area contributed by atoms with E-state index in [4.69, 9.17) is 22.7 Å². The van der Waals surface area contributed by atoms with Crippen LogP contribution in [0.5, 0.6) is 5.75 Å². The first-order chi connectivity index (χ1) is 7.63. The molecular weight excluding hydrogens is 224 g/mol. The molecular formula is C10H12N4OS. The van der Waals surface area contributed by atoms with Gasteiger partial charge in [0, 0.05) is 0 Å². The number of aryl methyl sites for hydroxylation is 1. The van der Waals surface area contributed by atoms with Crippen LogP contribution in [0.2, 0.25) is 0 Å². The van der Waals surface area contributed by atoms with E-state index >= 15 is 0 Å². The van der Waals surface area contributed by atoms with Crippen molar-refractivity contribution in [1.29, 1.82) is 0 Å². The first kappa shape index (κ1) is 10.7. The van der Waals surface area contributed by atoms with Gasteiger partial charge in [0.25, 0.3) is 0 Å². The number of ether oxygens (including phenoxy) is 1. The van der Waals surface area contributed by atoms with E-state index in [1.807, 2.05) is 25.1 Å². The van der Waals surface area contributed by atoms with E-state index in [0.717, 1.165) is 17.0 Å². The number of anilines is 1. The Hall–Kier alpha value is -1.82. The third-order valence-corrected chi connectivity index (χ3v) is 2.61. The monoisotopic (exact) mass is 236 g/mol. The average molecular weight is 236 g/mol. The van der Waals surface area contributed by atoms with Crippen LogP contribution in [0.25, 0.3) is 5.69 Å². The van der Waals surface area contributed by atoms with Gasteiger partial charge in [-0.3, -0.25) is 4.57 Å². The molecule has 0 saturated carbocycles. The highest BCUT2D eigenvalue weighted by atomic mass is 32.1. The van der Waals surface area contributed by atoms with Gasteiger partial charge >= 0.3 is 0 Å². The number of H-pyrrole nitrogens is 1. The van der Waals surface area contributed by atoms with E-state index in [-0.39, 0.29) is 0 Å². The first-order valence-electron chi connectivity index (χ1n) is 4.71. The fourth-order valence-electron chi connectivity index (χ4n) is 1.56. The van der Waals surface area contributed by atoms with Gasteiger partial charge in [0.2, 0.25) is 10.7 Å². The summed E-state index contributed by atoms with van der Waals surface area (Å²) in [6.45, 7) is 1.96. The SMILES string of the molecule is COc1ccc(-n2c(N)n[nH]c2=S)cc1C. The van der Waals surface area contributed by atoms with Gasteiger partial charge < -0.3 is 10.5 Å². The van der Waals surface area contributed by atoms with Crippen LogP contribution in [0.4, 0.5) is 5.95 Å². The number of nitrogens with zero attached hydrogens (tertiary/aromatic N) is 2. The van der Waals surface area contributed by atoms with Crippen LogP contribution >= 0.6 is 12.2 Å². The largest absolute Gasteiger partial charge is 0.496 e. The third kappa shape index (κ3) is 1.67. The zero-order valence-corrected chi connectivity index (χ0v) is 9.84. The molecule has 1 heterocycles. The minimum absolute atomic E-state index is 0.342. The summed E-state index contributed by atoms with van der Waals surface area (Å²) in [4.78, 5) is 0. The molecule has 0 bridgehead atoms. The van der Waals surface area contributed by atoms with Gasteiger partial charge in [-0.15, -0.1) is 5.10 Å². The molecule has 0 aliphatic carbocycles. The molecule has 0 atom stereocenters. The van der Waals surface area contributed by atoms with E-state index in [9.17, 15) is 0 Å². The van der Waals surface area contributed by atoms with Crippen molar-refractivity contribution in [1.82, 2.24) is 14.8 Å². The number of aromatic amines is 1. The molecule has 0 radical (unpaired) electrons. The Kier molecular flexibility index (Phi) is 2.66. The van der Waals surface area contributed by atoms with Crippen molar-refractivity contribution in [2.24, 2.45) is 0 Å². The van der Waals surface area contributed by atoms with Gasteiger partial charge in [-0.25, -0.2) is 5.10 Å². The van der Waals surface area contributed by atoms with Crippen LogP contribution in [0.15, 0.2) is 18.2 Å². The summed E-state index contributed by atoms with van der Waals surface area (Å²) in [5.41, 5.74) is 7.60. The lowest BCUT2D eigenvalue weighted by molar-refractivity contribution is 0.411. The maximum Gasteiger partial charge on any atom is 0.225 e. The summed E-state index contributed by atoms with van der Waals surface area (Å²) < 4.78 is 7.33. The normalized spacial score (nSPS) is 10.4. The van der Waals surface area contributed by atoms with Crippen molar-refractivity contribution in [3.8, 4) is 11.4 Å². The van der Waals surface area contributed by atoms with Gasteiger partial charge in [-0.2, -0.15) is 0 Å². The Morgan fingerprint density at radius 1 is 1.50 bits per heavy atom. The van der Waals surface area contributed by atoms with Crippen molar-refractivity contribution in [2.45, 2.75) is 6.92 Å². The zero-order valence-electron chi connectivity index (χ0n) is 9.02. The Morgan fingerprint density at radius 2 is 2.25 bits per heavy atom. The van der Waals surface area contributed by atoms with E-state index < -0.39 is 0 Å². The topological polar surface area (TPSA) is 68.9 Å². The highest BCUT2D eigenvalue weighted by Gasteiger charge is 2.06. The molecule has 5 nitrogen and oxygen atoms in total. The molecule has 3 N–H and O–H groups in total. The maximum absolute atomic E-state index is 5.72. The number of hydrogen-bond acceptors (Lipinski definition) is 4. The van der Waals surface area contributed by atoms with Gasteiger partial charge in [0.05, 0.1) is 12.8 Å². The number of benzene rings is 1. The van der Waals surface area contributed by atoms with Crippen molar-refractivity contribution >= 4 is 18.2 Å². The highest BCUT2D eigenvalue weighted by molar-refractivity contribution is 7.71. The number of nitrogen functional groups attached to an aromatic ring is 1. The Labute approximate surface area is 97.9 Å². The minimum Gasteiger partial charge on any atom is -0.496 e. The van der Waals surface area contributed by atoms with Crippen LogP contribution in [0.1, 0.15) is 5.56 Å². The average Bonchev–Trinajstić information content (AvgIpc) is 2.58. The fraction of sp³-hybridized carbons (Fsp3) is 0.200. The molecule has 84 valence electrons. The predicted octanol–water partition coefficient (Wildman–Crippen LogP) is 1.83. The summed E-state index contributed by atoms with van der Waals surface area (Å²) in [6.07, 6.45) is 0.